The van der Waals surface area contributed by atoms with Crippen LogP contribution in [0.25, 0.3) is 10.9 Å². The summed E-state index contributed by atoms with van der Waals surface area (Å²) in [6.07, 6.45) is 2.33. The second kappa shape index (κ2) is 8.13. The van der Waals surface area contributed by atoms with Gasteiger partial charge in [-0.05, 0) is 50.4 Å². The van der Waals surface area contributed by atoms with Crippen LogP contribution in [0, 0.1) is 5.92 Å². The predicted molar refractivity (Wildman–Crippen MR) is 109 cm³/mol. The molecule has 0 aliphatic carbocycles. The van der Waals surface area contributed by atoms with Crippen molar-refractivity contribution in [2.24, 2.45) is 5.92 Å². The minimum atomic E-state index is -0.465. The Bertz CT molecular complexity index is 888. The van der Waals surface area contributed by atoms with Crippen molar-refractivity contribution < 1.29 is 9.53 Å². The summed E-state index contributed by atoms with van der Waals surface area (Å²) in [5.41, 5.74) is 2.31. The SMILES string of the molecule is CCOC(=O)c1[nH]c2ccc(N(C)C)cc2c(=O)c1CN1CCC[C@@H](C)C1. The van der Waals surface area contributed by atoms with Gasteiger partial charge in [0.25, 0.3) is 0 Å². The number of carbonyl (C=O) groups is 1. The van der Waals surface area contributed by atoms with Gasteiger partial charge < -0.3 is 14.6 Å². The van der Waals surface area contributed by atoms with E-state index in [0.717, 1.165) is 25.2 Å². The number of nitrogens with one attached hydrogen (secondary N) is 1. The maximum absolute atomic E-state index is 13.3. The first-order valence-electron chi connectivity index (χ1n) is 9.66. The van der Waals surface area contributed by atoms with E-state index in [-0.39, 0.29) is 17.7 Å². The highest BCUT2D eigenvalue weighted by molar-refractivity contribution is 5.93. The first-order chi connectivity index (χ1) is 12.9. The number of rotatable bonds is 5. The molecule has 3 rings (SSSR count). The Morgan fingerprint density at radius 3 is 2.81 bits per heavy atom. The average molecular weight is 371 g/mol. The molecule has 2 aromatic rings. The van der Waals surface area contributed by atoms with Crippen LogP contribution in [-0.2, 0) is 11.3 Å². The predicted octanol–water partition coefficient (Wildman–Crippen LogP) is 3.00. The van der Waals surface area contributed by atoms with Crippen LogP contribution in [0.5, 0.6) is 0 Å². The zero-order valence-electron chi connectivity index (χ0n) is 16.7. The van der Waals surface area contributed by atoms with Gasteiger partial charge in [0.1, 0.15) is 5.69 Å². The molecule has 1 atom stereocenters. The second-order valence-electron chi connectivity index (χ2n) is 7.63. The summed E-state index contributed by atoms with van der Waals surface area (Å²) < 4.78 is 5.21. The third-order valence-corrected chi connectivity index (χ3v) is 5.20. The first-order valence-corrected chi connectivity index (χ1v) is 9.66. The van der Waals surface area contributed by atoms with E-state index >= 15 is 0 Å². The highest BCUT2D eigenvalue weighted by Gasteiger charge is 2.23. The summed E-state index contributed by atoms with van der Waals surface area (Å²) in [7, 11) is 3.89. The molecule has 1 fully saturated rings. The number of aromatic amines is 1. The summed E-state index contributed by atoms with van der Waals surface area (Å²) >= 11 is 0. The topological polar surface area (TPSA) is 65.6 Å². The Labute approximate surface area is 160 Å². The maximum Gasteiger partial charge on any atom is 0.355 e. The molecule has 1 N–H and O–H groups in total. The summed E-state index contributed by atoms with van der Waals surface area (Å²) in [5.74, 6) is 0.137. The van der Waals surface area contributed by atoms with Crippen LogP contribution in [0.2, 0.25) is 0 Å². The Kier molecular flexibility index (Phi) is 5.85. The molecule has 1 saturated heterocycles. The Morgan fingerprint density at radius 2 is 2.15 bits per heavy atom. The van der Waals surface area contributed by atoms with Crippen LogP contribution >= 0.6 is 0 Å². The monoisotopic (exact) mass is 371 g/mol. The first kappa shape index (κ1) is 19.4. The van der Waals surface area contributed by atoms with E-state index in [0.29, 0.717) is 28.9 Å². The largest absolute Gasteiger partial charge is 0.461 e. The van der Waals surface area contributed by atoms with Crippen molar-refractivity contribution in [3.8, 4) is 0 Å². The fraction of sp³-hybridized carbons (Fsp3) is 0.524. The lowest BCUT2D eigenvalue weighted by molar-refractivity contribution is 0.0516. The third-order valence-electron chi connectivity index (χ3n) is 5.20. The lowest BCUT2D eigenvalue weighted by Crippen LogP contribution is -2.36. The number of likely N-dealkylation sites (tertiary alicyclic amines) is 1. The summed E-state index contributed by atoms with van der Waals surface area (Å²) in [5, 5.41) is 0.606. The van der Waals surface area contributed by atoms with Gasteiger partial charge in [-0.15, -0.1) is 0 Å². The molecule has 1 aromatic carbocycles. The van der Waals surface area contributed by atoms with E-state index < -0.39 is 5.97 Å². The van der Waals surface area contributed by atoms with E-state index in [1.54, 1.807) is 6.92 Å². The molecule has 146 valence electrons. The fourth-order valence-corrected chi connectivity index (χ4v) is 3.78. The normalized spacial score (nSPS) is 17.9. The third kappa shape index (κ3) is 4.16. The number of carbonyl (C=O) groups excluding carboxylic acids is 1. The Hall–Kier alpha value is -2.34. The zero-order valence-corrected chi connectivity index (χ0v) is 16.7. The summed E-state index contributed by atoms with van der Waals surface area (Å²) in [6.45, 7) is 6.63. The van der Waals surface area contributed by atoms with Crippen LogP contribution in [0.15, 0.2) is 23.0 Å². The standard InChI is InChI=1S/C21H29N3O3/c1-5-27-21(26)19-17(13-24-10-6-7-14(2)12-24)20(25)16-11-15(23(3)4)8-9-18(16)22-19/h8-9,11,14H,5-7,10,12-13H2,1-4H3,(H,22,25)/t14-/m1/s1. The van der Waals surface area contributed by atoms with E-state index in [4.69, 9.17) is 4.74 Å². The number of hydrogen-bond acceptors (Lipinski definition) is 5. The van der Waals surface area contributed by atoms with Crippen molar-refractivity contribution in [3.63, 3.8) is 0 Å². The number of piperidine rings is 1. The summed E-state index contributed by atoms with van der Waals surface area (Å²) in [6, 6.07) is 5.66. The lowest BCUT2D eigenvalue weighted by Gasteiger charge is -2.31. The number of nitrogens with zero attached hydrogens (tertiary/aromatic N) is 2. The lowest BCUT2D eigenvalue weighted by atomic mass is 9.99. The summed E-state index contributed by atoms with van der Waals surface area (Å²) in [4.78, 5) is 33.2. The van der Waals surface area contributed by atoms with Gasteiger partial charge in [0.15, 0.2) is 5.43 Å². The second-order valence-corrected chi connectivity index (χ2v) is 7.63. The molecule has 2 heterocycles. The van der Waals surface area contributed by atoms with Crippen molar-refractivity contribution >= 4 is 22.6 Å². The maximum atomic E-state index is 13.3. The van der Waals surface area contributed by atoms with Crippen molar-refractivity contribution in [3.05, 3.63) is 39.7 Å². The molecule has 1 aromatic heterocycles. The number of hydrogen-bond donors (Lipinski definition) is 1. The molecule has 0 bridgehead atoms. The average Bonchev–Trinajstić information content (AvgIpc) is 2.63. The minimum absolute atomic E-state index is 0.0891. The number of pyridine rings is 1. The van der Waals surface area contributed by atoms with E-state index in [9.17, 15) is 9.59 Å². The molecule has 0 radical (unpaired) electrons. The van der Waals surface area contributed by atoms with Crippen molar-refractivity contribution in [2.45, 2.75) is 33.2 Å². The fourth-order valence-electron chi connectivity index (χ4n) is 3.78. The number of H-pyrrole nitrogens is 1. The van der Waals surface area contributed by atoms with Crippen molar-refractivity contribution in [1.82, 2.24) is 9.88 Å². The van der Waals surface area contributed by atoms with Gasteiger partial charge in [-0.25, -0.2) is 4.79 Å². The molecule has 0 saturated carbocycles. The highest BCUT2D eigenvalue weighted by Crippen LogP contribution is 2.22. The minimum Gasteiger partial charge on any atom is -0.461 e. The van der Waals surface area contributed by atoms with Crippen molar-refractivity contribution in [2.75, 3.05) is 38.7 Å². The van der Waals surface area contributed by atoms with Gasteiger partial charge in [0.05, 0.1) is 12.1 Å². The van der Waals surface area contributed by atoms with E-state index in [1.165, 1.54) is 6.42 Å². The van der Waals surface area contributed by atoms with Crippen molar-refractivity contribution in [1.29, 1.82) is 0 Å². The Morgan fingerprint density at radius 1 is 1.37 bits per heavy atom. The Balaban J connectivity index is 2.11. The van der Waals surface area contributed by atoms with Gasteiger partial charge >= 0.3 is 5.97 Å². The van der Waals surface area contributed by atoms with Gasteiger partial charge in [-0.2, -0.15) is 0 Å². The smallest absolute Gasteiger partial charge is 0.355 e. The van der Waals surface area contributed by atoms with Gasteiger partial charge in [-0.1, -0.05) is 6.92 Å². The zero-order chi connectivity index (χ0) is 19.6. The van der Waals surface area contributed by atoms with Gasteiger partial charge in [0.2, 0.25) is 0 Å². The van der Waals surface area contributed by atoms with Crippen LogP contribution in [0.3, 0.4) is 0 Å². The van der Waals surface area contributed by atoms with Gasteiger partial charge in [-0.3, -0.25) is 9.69 Å². The van der Waals surface area contributed by atoms with Crippen LogP contribution in [0.1, 0.15) is 42.7 Å². The number of esters is 1. The molecule has 6 heteroatoms. The number of benzene rings is 1. The van der Waals surface area contributed by atoms with Crippen LogP contribution in [0.4, 0.5) is 5.69 Å². The van der Waals surface area contributed by atoms with Gasteiger partial charge in [0, 0.05) is 43.8 Å². The number of anilines is 1. The molecular formula is C21H29N3O3. The number of ether oxygens (including phenoxy) is 1. The number of aromatic nitrogens is 1. The molecule has 0 amide bonds. The molecule has 1 aliphatic heterocycles. The van der Waals surface area contributed by atoms with E-state index in [1.807, 2.05) is 37.2 Å². The molecule has 27 heavy (non-hydrogen) atoms. The highest BCUT2D eigenvalue weighted by atomic mass is 16.5. The quantitative estimate of drug-likeness (QED) is 0.819. The molecular weight excluding hydrogens is 342 g/mol. The molecule has 1 aliphatic rings. The van der Waals surface area contributed by atoms with E-state index in [2.05, 4.69) is 16.8 Å². The van der Waals surface area contributed by atoms with Crippen LogP contribution < -0.4 is 10.3 Å². The molecule has 6 nitrogen and oxygen atoms in total. The van der Waals surface area contributed by atoms with Crippen LogP contribution in [-0.4, -0.2) is 49.6 Å². The number of fused-ring (bicyclic) bond motifs is 1. The molecule has 0 spiro atoms. The molecule has 0 unspecified atom stereocenters.